The third-order valence-electron chi connectivity index (χ3n) is 4.67. The highest BCUT2D eigenvalue weighted by Gasteiger charge is 2.50. The first-order chi connectivity index (χ1) is 13.5. The molecule has 0 radical (unpaired) electrons. The molecule has 2 aromatic heterocycles. The Balaban J connectivity index is 1.64. The zero-order valence-electron chi connectivity index (χ0n) is 16.0. The largest absolute Gasteiger partial charge is 0.325 e. The number of anilines is 1. The van der Waals surface area contributed by atoms with E-state index in [-0.39, 0.29) is 12.5 Å². The normalized spacial score (nSPS) is 15.6. The summed E-state index contributed by atoms with van der Waals surface area (Å²) in [7, 11) is 0. The van der Waals surface area contributed by atoms with Crippen molar-refractivity contribution >= 4 is 23.5 Å². The van der Waals surface area contributed by atoms with Crippen molar-refractivity contribution in [1.82, 2.24) is 25.0 Å². The molecular formula is C19H24N6O3. The van der Waals surface area contributed by atoms with Crippen LogP contribution in [0.15, 0.2) is 36.8 Å². The molecule has 9 nitrogen and oxygen atoms in total. The molecule has 148 valence electrons. The van der Waals surface area contributed by atoms with Gasteiger partial charge in [-0.25, -0.2) is 14.5 Å². The number of aromatic nitrogens is 3. The predicted molar refractivity (Wildman–Crippen MR) is 103 cm³/mol. The van der Waals surface area contributed by atoms with Gasteiger partial charge in [0.05, 0.1) is 11.9 Å². The molecule has 1 aliphatic heterocycles. The standard InChI is InChI=1S/C19H24N6O3/c1-3-8-19(9-4-2)17(27)24(18(28)23-19)13-16(26)22-14-6-7-15(20-12-14)25-11-5-10-21-25/h5-7,10-12H,3-4,8-9,13H2,1-2H3,(H,22,26)(H,23,28). The molecule has 1 aliphatic rings. The van der Waals surface area contributed by atoms with Crippen molar-refractivity contribution in [3.05, 3.63) is 36.8 Å². The van der Waals surface area contributed by atoms with Crippen molar-refractivity contribution in [2.75, 3.05) is 11.9 Å². The van der Waals surface area contributed by atoms with E-state index in [0.29, 0.717) is 24.3 Å². The van der Waals surface area contributed by atoms with Crippen molar-refractivity contribution in [2.24, 2.45) is 0 Å². The number of urea groups is 1. The van der Waals surface area contributed by atoms with Gasteiger partial charge in [0.2, 0.25) is 5.91 Å². The highest BCUT2D eigenvalue weighted by Crippen LogP contribution is 2.28. The van der Waals surface area contributed by atoms with E-state index in [0.717, 1.165) is 17.7 Å². The van der Waals surface area contributed by atoms with Crippen LogP contribution >= 0.6 is 0 Å². The lowest BCUT2D eigenvalue weighted by molar-refractivity contribution is -0.134. The maximum absolute atomic E-state index is 12.8. The van der Waals surface area contributed by atoms with Gasteiger partial charge in [-0.2, -0.15) is 5.10 Å². The Bertz CT molecular complexity index is 841. The van der Waals surface area contributed by atoms with Gasteiger partial charge in [-0.3, -0.25) is 14.5 Å². The number of hydrogen-bond donors (Lipinski definition) is 2. The van der Waals surface area contributed by atoms with Crippen molar-refractivity contribution in [1.29, 1.82) is 0 Å². The number of carbonyl (C=O) groups excluding carboxylic acids is 3. The van der Waals surface area contributed by atoms with Gasteiger partial charge in [-0.1, -0.05) is 26.7 Å². The average molecular weight is 384 g/mol. The lowest BCUT2D eigenvalue weighted by Crippen LogP contribution is -2.47. The maximum atomic E-state index is 12.8. The van der Waals surface area contributed by atoms with E-state index < -0.39 is 17.5 Å². The second kappa shape index (κ2) is 8.20. The number of carbonyl (C=O) groups is 3. The number of nitrogens with zero attached hydrogens (tertiary/aromatic N) is 4. The molecular weight excluding hydrogens is 360 g/mol. The second-order valence-corrected chi connectivity index (χ2v) is 6.81. The van der Waals surface area contributed by atoms with Gasteiger partial charge in [0, 0.05) is 12.4 Å². The van der Waals surface area contributed by atoms with E-state index in [1.165, 1.54) is 6.20 Å². The summed E-state index contributed by atoms with van der Waals surface area (Å²) in [5, 5.41) is 9.55. The van der Waals surface area contributed by atoms with Gasteiger partial charge < -0.3 is 10.6 Å². The number of imide groups is 1. The fourth-order valence-corrected chi connectivity index (χ4v) is 3.48. The Morgan fingerprint density at radius 3 is 2.54 bits per heavy atom. The highest BCUT2D eigenvalue weighted by molar-refractivity contribution is 6.10. The number of amides is 4. The fraction of sp³-hybridized carbons (Fsp3) is 0.421. The molecule has 9 heteroatoms. The summed E-state index contributed by atoms with van der Waals surface area (Å²) in [4.78, 5) is 42.7. The summed E-state index contributed by atoms with van der Waals surface area (Å²) in [5.74, 6) is -0.176. The summed E-state index contributed by atoms with van der Waals surface area (Å²) < 4.78 is 1.60. The van der Waals surface area contributed by atoms with Crippen LogP contribution in [0.4, 0.5) is 10.5 Å². The lowest BCUT2D eigenvalue weighted by Gasteiger charge is -2.25. The minimum atomic E-state index is -0.895. The van der Waals surface area contributed by atoms with E-state index >= 15 is 0 Å². The average Bonchev–Trinajstić information content (AvgIpc) is 3.27. The highest BCUT2D eigenvalue weighted by atomic mass is 16.2. The van der Waals surface area contributed by atoms with E-state index in [4.69, 9.17) is 0 Å². The van der Waals surface area contributed by atoms with Crippen LogP contribution in [-0.4, -0.2) is 49.6 Å². The summed E-state index contributed by atoms with van der Waals surface area (Å²) in [6.07, 6.45) is 7.55. The fourth-order valence-electron chi connectivity index (χ4n) is 3.48. The molecule has 0 bridgehead atoms. The monoisotopic (exact) mass is 384 g/mol. The summed E-state index contributed by atoms with van der Waals surface area (Å²) >= 11 is 0. The Labute approximate surface area is 163 Å². The minimum absolute atomic E-state index is 0.330. The molecule has 4 amide bonds. The SMILES string of the molecule is CCCC1(CCC)NC(=O)N(CC(=O)Nc2ccc(-n3cccn3)nc2)C1=O. The molecule has 0 aromatic carbocycles. The minimum Gasteiger partial charge on any atom is -0.323 e. The van der Waals surface area contributed by atoms with Gasteiger partial charge in [0.25, 0.3) is 5.91 Å². The molecule has 3 rings (SSSR count). The third-order valence-corrected chi connectivity index (χ3v) is 4.67. The van der Waals surface area contributed by atoms with Crippen molar-refractivity contribution in [3.63, 3.8) is 0 Å². The number of nitrogens with one attached hydrogen (secondary N) is 2. The van der Waals surface area contributed by atoms with Gasteiger partial charge in [-0.15, -0.1) is 0 Å². The van der Waals surface area contributed by atoms with Gasteiger partial charge in [0.15, 0.2) is 5.82 Å². The molecule has 2 aromatic rings. The van der Waals surface area contributed by atoms with Crippen LogP contribution in [0.1, 0.15) is 39.5 Å². The van der Waals surface area contributed by atoms with E-state index in [9.17, 15) is 14.4 Å². The van der Waals surface area contributed by atoms with Gasteiger partial charge in [-0.05, 0) is 31.0 Å². The quantitative estimate of drug-likeness (QED) is 0.678. The zero-order chi connectivity index (χ0) is 20.1. The first-order valence-corrected chi connectivity index (χ1v) is 9.39. The maximum Gasteiger partial charge on any atom is 0.325 e. The van der Waals surface area contributed by atoms with Crippen LogP contribution in [0.2, 0.25) is 0 Å². The number of hydrogen-bond acceptors (Lipinski definition) is 5. The van der Waals surface area contributed by atoms with Crippen molar-refractivity contribution in [2.45, 2.75) is 45.1 Å². The van der Waals surface area contributed by atoms with E-state index in [2.05, 4.69) is 20.7 Å². The molecule has 28 heavy (non-hydrogen) atoms. The topological polar surface area (TPSA) is 109 Å². The lowest BCUT2D eigenvalue weighted by atomic mass is 9.88. The molecule has 1 saturated heterocycles. The Morgan fingerprint density at radius 1 is 1.21 bits per heavy atom. The third kappa shape index (κ3) is 3.88. The molecule has 0 aliphatic carbocycles. The van der Waals surface area contributed by atoms with Gasteiger partial charge >= 0.3 is 6.03 Å². The predicted octanol–water partition coefficient (Wildman–Crippen LogP) is 2.10. The van der Waals surface area contributed by atoms with E-state index in [1.54, 1.807) is 35.3 Å². The van der Waals surface area contributed by atoms with Crippen LogP contribution in [-0.2, 0) is 9.59 Å². The summed E-state index contributed by atoms with van der Waals surface area (Å²) in [6.45, 7) is 3.60. The number of rotatable bonds is 8. The van der Waals surface area contributed by atoms with Crippen LogP contribution in [0.25, 0.3) is 5.82 Å². The Morgan fingerprint density at radius 2 is 1.96 bits per heavy atom. The second-order valence-electron chi connectivity index (χ2n) is 6.81. The van der Waals surface area contributed by atoms with Crippen LogP contribution in [0, 0.1) is 0 Å². The molecule has 2 N–H and O–H groups in total. The molecule has 0 atom stereocenters. The van der Waals surface area contributed by atoms with Gasteiger partial charge in [0.1, 0.15) is 12.1 Å². The van der Waals surface area contributed by atoms with Crippen LogP contribution < -0.4 is 10.6 Å². The molecule has 1 fully saturated rings. The summed E-state index contributed by atoms with van der Waals surface area (Å²) in [5.41, 5.74) is -0.422. The summed E-state index contributed by atoms with van der Waals surface area (Å²) in [6, 6.07) is 4.66. The van der Waals surface area contributed by atoms with Crippen LogP contribution in [0.3, 0.4) is 0 Å². The first kappa shape index (κ1) is 19.5. The smallest absolute Gasteiger partial charge is 0.323 e. The Kier molecular flexibility index (Phi) is 5.72. The van der Waals surface area contributed by atoms with Crippen LogP contribution in [0.5, 0.6) is 0 Å². The molecule has 0 unspecified atom stereocenters. The number of pyridine rings is 1. The Hall–Kier alpha value is -3.23. The molecule has 0 spiro atoms. The molecule has 0 saturated carbocycles. The van der Waals surface area contributed by atoms with E-state index in [1.807, 2.05) is 13.8 Å². The van der Waals surface area contributed by atoms with Crippen molar-refractivity contribution in [3.8, 4) is 5.82 Å². The van der Waals surface area contributed by atoms with Crippen molar-refractivity contribution < 1.29 is 14.4 Å². The molecule has 3 heterocycles. The zero-order valence-corrected chi connectivity index (χ0v) is 16.0. The first-order valence-electron chi connectivity index (χ1n) is 9.39.